The van der Waals surface area contributed by atoms with Gasteiger partial charge < -0.3 is 9.88 Å². The van der Waals surface area contributed by atoms with Gasteiger partial charge in [0.2, 0.25) is 5.91 Å². The van der Waals surface area contributed by atoms with Crippen LogP contribution >= 0.6 is 0 Å². The maximum absolute atomic E-state index is 12.6. The van der Waals surface area contributed by atoms with Gasteiger partial charge in [-0.3, -0.25) is 19.6 Å². The Hall–Kier alpha value is -3.42. The molecule has 1 aliphatic rings. The smallest absolute Gasteiger partial charge is 0.256 e. The van der Waals surface area contributed by atoms with Crippen molar-refractivity contribution < 1.29 is 4.79 Å². The summed E-state index contributed by atoms with van der Waals surface area (Å²) >= 11 is 0. The Morgan fingerprint density at radius 3 is 2.85 bits per heavy atom. The SMILES string of the molecule is Cc1cnc(-c2nc3c(c(=O)[nH]2)CN(C(=O)Cc2ccccn2)CC3)cn1. The van der Waals surface area contributed by atoms with Crippen LogP contribution in [0.4, 0.5) is 0 Å². The van der Waals surface area contributed by atoms with Gasteiger partial charge in [-0.1, -0.05) is 6.07 Å². The fraction of sp³-hybridized carbons (Fsp3) is 0.263. The average molecular weight is 362 g/mol. The third kappa shape index (κ3) is 3.59. The van der Waals surface area contributed by atoms with E-state index in [0.717, 1.165) is 5.69 Å². The molecule has 27 heavy (non-hydrogen) atoms. The number of hydrogen-bond donors (Lipinski definition) is 1. The van der Waals surface area contributed by atoms with Gasteiger partial charge in [-0.15, -0.1) is 0 Å². The summed E-state index contributed by atoms with van der Waals surface area (Å²) in [4.78, 5) is 46.7. The number of carbonyl (C=O) groups excluding carboxylic acids is 1. The Kier molecular flexibility index (Phi) is 4.45. The molecule has 0 aromatic carbocycles. The van der Waals surface area contributed by atoms with Crippen molar-refractivity contribution in [2.24, 2.45) is 0 Å². The number of fused-ring (bicyclic) bond motifs is 1. The van der Waals surface area contributed by atoms with Gasteiger partial charge >= 0.3 is 0 Å². The van der Waals surface area contributed by atoms with Crippen molar-refractivity contribution in [2.75, 3.05) is 6.54 Å². The van der Waals surface area contributed by atoms with Gasteiger partial charge in [0.1, 0.15) is 5.69 Å². The van der Waals surface area contributed by atoms with Crippen LogP contribution in [0.15, 0.2) is 41.6 Å². The molecule has 0 unspecified atom stereocenters. The number of H-pyrrole nitrogens is 1. The summed E-state index contributed by atoms with van der Waals surface area (Å²) in [6.07, 6.45) is 5.63. The second kappa shape index (κ2) is 7.06. The van der Waals surface area contributed by atoms with Crippen molar-refractivity contribution in [1.82, 2.24) is 29.8 Å². The molecule has 3 aromatic rings. The molecular weight excluding hydrogens is 344 g/mol. The maximum Gasteiger partial charge on any atom is 0.256 e. The van der Waals surface area contributed by atoms with Crippen LogP contribution in [-0.2, 0) is 24.2 Å². The minimum absolute atomic E-state index is 0.0489. The molecule has 0 saturated heterocycles. The molecule has 136 valence electrons. The van der Waals surface area contributed by atoms with Gasteiger partial charge in [-0.05, 0) is 19.1 Å². The largest absolute Gasteiger partial charge is 0.337 e. The van der Waals surface area contributed by atoms with Gasteiger partial charge in [0.05, 0.1) is 36.1 Å². The van der Waals surface area contributed by atoms with Crippen LogP contribution in [0.5, 0.6) is 0 Å². The average Bonchev–Trinajstić information content (AvgIpc) is 2.69. The fourth-order valence-corrected chi connectivity index (χ4v) is 3.04. The summed E-state index contributed by atoms with van der Waals surface area (Å²) in [6, 6.07) is 5.48. The van der Waals surface area contributed by atoms with Gasteiger partial charge in [-0.25, -0.2) is 9.97 Å². The van der Waals surface area contributed by atoms with E-state index in [-0.39, 0.29) is 24.4 Å². The highest BCUT2D eigenvalue weighted by Crippen LogP contribution is 2.18. The van der Waals surface area contributed by atoms with E-state index >= 15 is 0 Å². The Balaban J connectivity index is 1.55. The number of aromatic nitrogens is 5. The first-order valence-corrected chi connectivity index (χ1v) is 8.69. The topological polar surface area (TPSA) is 105 Å². The van der Waals surface area contributed by atoms with Crippen LogP contribution in [0.3, 0.4) is 0 Å². The lowest BCUT2D eigenvalue weighted by atomic mass is 10.1. The van der Waals surface area contributed by atoms with Crippen LogP contribution in [0.25, 0.3) is 11.5 Å². The number of nitrogens with zero attached hydrogens (tertiary/aromatic N) is 5. The molecule has 8 nitrogen and oxygen atoms in total. The van der Waals surface area contributed by atoms with E-state index in [1.165, 1.54) is 0 Å². The zero-order chi connectivity index (χ0) is 18.8. The molecule has 0 atom stereocenters. The van der Waals surface area contributed by atoms with Crippen molar-refractivity contribution in [2.45, 2.75) is 26.3 Å². The Morgan fingerprint density at radius 2 is 2.11 bits per heavy atom. The maximum atomic E-state index is 12.6. The predicted octanol–water partition coefficient (Wildman–Crippen LogP) is 1.06. The molecule has 8 heteroatoms. The zero-order valence-electron chi connectivity index (χ0n) is 14.8. The molecule has 0 radical (unpaired) electrons. The number of hydrogen-bond acceptors (Lipinski definition) is 6. The summed E-state index contributed by atoms with van der Waals surface area (Å²) in [5.74, 6) is 0.353. The highest BCUT2D eigenvalue weighted by molar-refractivity contribution is 5.78. The highest BCUT2D eigenvalue weighted by Gasteiger charge is 2.25. The molecule has 1 amide bonds. The third-order valence-electron chi connectivity index (χ3n) is 4.50. The van der Waals surface area contributed by atoms with Gasteiger partial charge in [0.15, 0.2) is 5.82 Å². The quantitative estimate of drug-likeness (QED) is 0.747. The molecular formula is C19H18N6O2. The van der Waals surface area contributed by atoms with Gasteiger partial charge in [0.25, 0.3) is 5.56 Å². The molecule has 0 fully saturated rings. The lowest BCUT2D eigenvalue weighted by molar-refractivity contribution is -0.131. The summed E-state index contributed by atoms with van der Waals surface area (Å²) < 4.78 is 0. The number of carbonyl (C=O) groups is 1. The van der Waals surface area contributed by atoms with Crippen molar-refractivity contribution in [3.63, 3.8) is 0 Å². The first kappa shape index (κ1) is 17.0. The molecule has 0 aliphatic carbocycles. The summed E-state index contributed by atoms with van der Waals surface area (Å²) in [7, 11) is 0. The first-order chi connectivity index (χ1) is 13.1. The minimum atomic E-state index is -0.243. The number of aryl methyl sites for hydroxylation is 1. The second-order valence-corrected chi connectivity index (χ2v) is 6.45. The van der Waals surface area contributed by atoms with Crippen LogP contribution in [0, 0.1) is 6.92 Å². The number of nitrogens with one attached hydrogen (secondary N) is 1. The normalized spacial score (nSPS) is 13.3. The molecule has 4 heterocycles. The number of pyridine rings is 1. The van der Waals surface area contributed by atoms with Crippen molar-refractivity contribution in [1.29, 1.82) is 0 Å². The summed E-state index contributed by atoms with van der Waals surface area (Å²) in [5.41, 5.74) is 3.02. The van der Waals surface area contributed by atoms with E-state index < -0.39 is 0 Å². The Bertz CT molecular complexity index is 1030. The standard InChI is InChI=1S/C19H18N6O2/c1-12-9-22-16(10-21-12)18-23-15-5-7-25(11-14(15)19(27)24-18)17(26)8-13-4-2-3-6-20-13/h2-4,6,9-10H,5,7-8,11H2,1H3,(H,23,24,27). The molecule has 0 spiro atoms. The lowest BCUT2D eigenvalue weighted by Crippen LogP contribution is -2.40. The van der Waals surface area contributed by atoms with E-state index in [1.54, 1.807) is 23.5 Å². The number of amides is 1. The molecule has 4 rings (SSSR count). The first-order valence-electron chi connectivity index (χ1n) is 8.69. The monoisotopic (exact) mass is 362 g/mol. The minimum Gasteiger partial charge on any atom is -0.337 e. The molecule has 3 aromatic heterocycles. The molecule has 0 saturated carbocycles. The molecule has 1 aliphatic heterocycles. The zero-order valence-corrected chi connectivity index (χ0v) is 14.8. The van der Waals surface area contributed by atoms with Crippen LogP contribution in [0.1, 0.15) is 22.6 Å². The van der Waals surface area contributed by atoms with Crippen LogP contribution < -0.4 is 5.56 Å². The van der Waals surface area contributed by atoms with E-state index in [2.05, 4.69) is 24.9 Å². The number of aromatic amines is 1. The van der Waals surface area contributed by atoms with Crippen LogP contribution in [-0.4, -0.2) is 42.3 Å². The van der Waals surface area contributed by atoms with Gasteiger partial charge in [-0.2, -0.15) is 0 Å². The van der Waals surface area contributed by atoms with Crippen molar-refractivity contribution >= 4 is 5.91 Å². The summed E-state index contributed by atoms with van der Waals surface area (Å²) in [6.45, 7) is 2.62. The van der Waals surface area contributed by atoms with E-state index in [0.29, 0.717) is 41.4 Å². The van der Waals surface area contributed by atoms with Crippen LogP contribution in [0.2, 0.25) is 0 Å². The summed E-state index contributed by atoms with van der Waals surface area (Å²) in [5, 5.41) is 0. The Morgan fingerprint density at radius 1 is 1.22 bits per heavy atom. The Labute approximate surface area is 155 Å². The van der Waals surface area contributed by atoms with E-state index in [4.69, 9.17) is 0 Å². The second-order valence-electron chi connectivity index (χ2n) is 6.45. The predicted molar refractivity (Wildman–Crippen MR) is 97.7 cm³/mol. The molecule has 0 bridgehead atoms. The van der Waals surface area contributed by atoms with Gasteiger partial charge in [0, 0.05) is 31.1 Å². The fourth-order valence-electron chi connectivity index (χ4n) is 3.04. The van der Waals surface area contributed by atoms with E-state index in [9.17, 15) is 9.59 Å². The van der Waals surface area contributed by atoms with Crippen molar-refractivity contribution in [3.05, 3.63) is 69.8 Å². The van der Waals surface area contributed by atoms with Crippen molar-refractivity contribution in [3.8, 4) is 11.5 Å². The highest BCUT2D eigenvalue weighted by atomic mass is 16.2. The lowest BCUT2D eigenvalue weighted by Gasteiger charge is -2.27. The number of rotatable bonds is 3. The molecule has 1 N–H and O–H groups in total. The third-order valence-corrected chi connectivity index (χ3v) is 4.50. The van der Waals surface area contributed by atoms with E-state index in [1.807, 2.05) is 25.1 Å².